The summed E-state index contributed by atoms with van der Waals surface area (Å²) in [6.07, 6.45) is 0.391. The van der Waals surface area contributed by atoms with Crippen molar-refractivity contribution in [3.8, 4) is 0 Å². The molecule has 1 aromatic rings. The average molecular weight is 361 g/mol. The number of halogens is 2. The van der Waals surface area contributed by atoms with Crippen molar-refractivity contribution in [1.82, 2.24) is 10.6 Å². The molecule has 130 valence electrons. The Balaban J connectivity index is 2.57. The summed E-state index contributed by atoms with van der Waals surface area (Å²) in [7, 11) is 0. The fraction of sp³-hybridized carbons (Fsp3) is 0.588. The fourth-order valence-corrected chi connectivity index (χ4v) is 2.53. The van der Waals surface area contributed by atoms with Gasteiger partial charge in [0.05, 0.1) is 10.0 Å². The van der Waals surface area contributed by atoms with Gasteiger partial charge in [-0.1, -0.05) is 42.3 Å². The van der Waals surface area contributed by atoms with Gasteiger partial charge in [-0.25, -0.2) is 4.79 Å². The molecule has 1 rings (SSSR count). The highest BCUT2D eigenvalue weighted by molar-refractivity contribution is 6.42. The van der Waals surface area contributed by atoms with Gasteiger partial charge in [0.15, 0.2) is 0 Å². The highest BCUT2D eigenvalue weighted by atomic mass is 35.5. The van der Waals surface area contributed by atoms with Gasteiger partial charge in [0.1, 0.15) is 5.60 Å². The zero-order valence-corrected chi connectivity index (χ0v) is 15.9. The predicted molar refractivity (Wildman–Crippen MR) is 96.3 cm³/mol. The van der Waals surface area contributed by atoms with Crippen LogP contribution in [-0.4, -0.2) is 24.3 Å². The third-order valence-corrected chi connectivity index (χ3v) is 4.17. The molecule has 0 aliphatic rings. The molecule has 1 aromatic carbocycles. The summed E-state index contributed by atoms with van der Waals surface area (Å²) in [5.74, 6) is 0. The SMILES string of the molecule is CCC(CNC(C)c1cccc(Cl)c1Cl)NC(=O)OC(C)(C)C. The number of amides is 1. The van der Waals surface area contributed by atoms with Gasteiger partial charge in [-0.05, 0) is 45.7 Å². The van der Waals surface area contributed by atoms with Crippen molar-refractivity contribution in [2.45, 2.75) is 58.7 Å². The van der Waals surface area contributed by atoms with Crippen molar-refractivity contribution < 1.29 is 9.53 Å². The Labute approximate surface area is 148 Å². The summed E-state index contributed by atoms with van der Waals surface area (Å²) < 4.78 is 5.28. The Morgan fingerprint density at radius 2 is 1.96 bits per heavy atom. The molecule has 0 aliphatic heterocycles. The third-order valence-electron chi connectivity index (χ3n) is 3.33. The lowest BCUT2D eigenvalue weighted by Gasteiger charge is -2.24. The topological polar surface area (TPSA) is 50.4 Å². The summed E-state index contributed by atoms with van der Waals surface area (Å²) in [5, 5.41) is 7.34. The lowest BCUT2D eigenvalue weighted by atomic mass is 10.1. The minimum atomic E-state index is -0.503. The summed E-state index contributed by atoms with van der Waals surface area (Å²) >= 11 is 12.3. The minimum absolute atomic E-state index is 0.0229. The summed E-state index contributed by atoms with van der Waals surface area (Å²) in [6, 6.07) is 5.58. The smallest absolute Gasteiger partial charge is 0.407 e. The molecule has 1 amide bonds. The van der Waals surface area contributed by atoms with E-state index in [9.17, 15) is 4.79 Å². The van der Waals surface area contributed by atoms with Crippen LogP contribution < -0.4 is 10.6 Å². The predicted octanol–water partition coefficient (Wildman–Crippen LogP) is 4.95. The largest absolute Gasteiger partial charge is 0.444 e. The maximum atomic E-state index is 11.8. The first-order valence-electron chi connectivity index (χ1n) is 7.80. The highest BCUT2D eigenvalue weighted by Crippen LogP contribution is 2.29. The van der Waals surface area contributed by atoms with E-state index in [4.69, 9.17) is 27.9 Å². The van der Waals surface area contributed by atoms with Crippen LogP contribution in [0.3, 0.4) is 0 Å². The quantitative estimate of drug-likeness (QED) is 0.754. The zero-order chi connectivity index (χ0) is 17.6. The third kappa shape index (κ3) is 6.98. The van der Waals surface area contributed by atoms with Gasteiger partial charge in [0.2, 0.25) is 0 Å². The number of benzene rings is 1. The van der Waals surface area contributed by atoms with Gasteiger partial charge in [0, 0.05) is 18.6 Å². The molecular weight excluding hydrogens is 335 g/mol. The first kappa shape index (κ1) is 20.1. The molecule has 0 aliphatic carbocycles. The van der Waals surface area contributed by atoms with E-state index >= 15 is 0 Å². The normalized spacial score (nSPS) is 14.2. The van der Waals surface area contributed by atoms with Gasteiger partial charge < -0.3 is 15.4 Å². The molecule has 0 heterocycles. The number of hydrogen-bond donors (Lipinski definition) is 2. The highest BCUT2D eigenvalue weighted by Gasteiger charge is 2.19. The summed E-state index contributed by atoms with van der Waals surface area (Å²) in [6.45, 7) is 10.2. The van der Waals surface area contributed by atoms with Crippen LogP contribution in [0.2, 0.25) is 10.0 Å². The molecule has 0 spiro atoms. The van der Waals surface area contributed by atoms with Crippen LogP contribution in [0, 0.1) is 0 Å². The van der Waals surface area contributed by atoms with E-state index in [2.05, 4.69) is 10.6 Å². The van der Waals surface area contributed by atoms with E-state index in [-0.39, 0.29) is 12.1 Å². The molecule has 2 atom stereocenters. The maximum absolute atomic E-state index is 11.8. The second kappa shape index (κ2) is 8.76. The number of carbonyl (C=O) groups excluding carboxylic acids is 1. The van der Waals surface area contributed by atoms with Crippen LogP contribution in [0.15, 0.2) is 18.2 Å². The van der Waals surface area contributed by atoms with Crippen LogP contribution in [0.4, 0.5) is 4.79 Å². The van der Waals surface area contributed by atoms with Gasteiger partial charge in [-0.15, -0.1) is 0 Å². The molecule has 6 heteroatoms. The molecule has 0 radical (unpaired) electrons. The Hall–Kier alpha value is -0.970. The Morgan fingerprint density at radius 3 is 2.52 bits per heavy atom. The first-order valence-corrected chi connectivity index (χ1v) is 8.56. The molecule has 0 saturated carbocycles. The van der Waals surface area contributed by atoms with Crippen LogP contribution in [-0.2, 0) is 4.74 Å². The maximum Gasteiger partial charge on any atom is 0.407 e. The Bertz CT molecular complexity index is 530. The number of rotatable bonds is 6. The lowest BCUT2D eigenvalue weighted by molar-refractivity contribution is 0.0502. The van der Waals surface area contributed by atoms with E-state index in [0.717, 1.165) is 12.0 Å². The fourth-order valence-electron chi connectivity index (χ4n) is 2.06. The molecule has 2 unspecified atom stereocenters. The number of alkyl carbamates (subject to hydrolysis) is 1. The standard InChI is InChI=1S/C17H26Cl2N2O2/c1-6-12(21-16(22)23-17(3,4)5)10-20-11(2)13-8-7-9-14(18)15(13)19/h7-9,11-12,20H,6,10H2,1-5H3,(H,21,22). The van der Waals surface area contributed by atoms with E-state index in [1.54, 1.807) is 6.07 Å². The molecule has 4 nitrogen and oxygen atoms in total. The monoisotopic (exact) mass is 360 g/mol. The van der Waals surface area contributed by atoms with Crippen molar-refractivity contribution >= 4 is 29.3 Å². The van der Waals surface area contributed by atoms with Crippen molar-refractivity contribution in [1.29, 1.82) is 0 Å². The molecule has 0 bridgehead atoms. The van der Waals surface area contributed by atoms with Gasteiger partial charge in [0.25, 0.3) is 0 Å². The van der Waals surface area contributed by atoms with Gasteiger partial charge in [-0.2, -0.15) is 0 Å². The number of hydrogen-bond acceptors (Lipinski definition) is 3. The second-order valence-electron chi connectivity index (χ2n) is 6.52. The van der Waals surface area contributed by atoms with Crippen LogP contribution >= 0.6 is 23.2 Å². The molecule has 2 N–H and O–H groups in total. The van der Waals surface area contributed by atoms with Crippen LogP contribution in [0.5, 0.6) is 0 Å². The number of ether oxygens (including phenoxy) is 1. The van der Waals surface area contributed by atoms with E-state index in [1.807, 2.05) is 46.8 Å². The van der Waals surface area contributed by atoms with E-state index < -0.39 is 11.7 Å². The van der Waals surface area contributed by atoms with Crippen molar-refractivity contribution in [3.63, 3.8) is 0 Å². The van der Waals surface area contributed by atoms with Crippen molar-refractivity contribution in [2.75, 3.05) is 6.54 Å². The van der Waals surface area contributed by atoms with Crippen molar-refractivity contribution in [2.24, 2.45) is 0 Å². The molecular formula is C17H26Cl2N2O2. The average Bonchev–Trinajstić information content (AvgIpc) is 2.44. The number of nitrogens with one attached hydrogen (secondary N) is 2. The number of carbonyl (C=O) groups is 1. The van der Waals surface area contributed by atoms with Crippen LogP contribution in [0.25, 0.3) is 0 Å². The molecule has 23 heavy (non-hydrogen) atoms. The molecule has 0 saturated heterocycles. The zero-order valence-electron chi connectivity index (χ0n) is 14.4. The van der Waals surface area contributed by atoms with Gasteiger partial charge in [-0.3, -0.25) is 0 Å². The van der Waals surface area contributed by atoms with Gasteiger partial charge >= 0.3 is 6.09 Å². The van der Waals surface area contributed by atoms with E-state index in [1.165, 1.54) is 0 Å². The molecule has 0 fully saturated rings. The minimum Gasteiger partial charge on any atom is -0.444 e. The van der Waals surface area contributed by atoms with E-state index in [0.29, 0.717) is 16.6 Å². The lowest BCUT2D eigenvalue weighted by Crippen LogP contribution is -2.44. The van der Waals surface area contributed by atoms with Crippen LogP contribution in [0.1, 0.15) is 52.6 Å². The summed E-state index contributed by atoms with van der Waals surface area (Å²) in [4.78, 5) is 11.8. The molecule has 0 aromatic heterocycles. The Morgan fingerprint density at radius 1 is 1.30 bits per heavy atom. The second-order valence-corrected chi connectivity index (χ2v) is 7.31. The van der Waals surface area contributed by atoms with Crippen molar-refractivity contribution in [3.05, 3.63) is 33.8 Å². The summed E-state index contributed by atoms with van der Waals surface area (Å²) in [5.41, 5.74) is 0.434. The first-order chi connectivity index (χ1) is 10.6. The Kier molecular flexibility index (Phi) is 7.65.